The number of rotatable bonds is 2. The fraction of sp³-hybridized carbons (Fsp3) is 0.350. The molecule has 10 heteroatoms. The number of nitrogens with one attached hydrogen (secondary N) is 1. The van der Waals surface area contributed by atoms with E-state index in [1.807, 2.05) is 0 Å². The van der Waals surface area contributed by atoms with Crippen molar-refractivity contribution < 1.29 is 28.2 Å². The van der Waals surface area contributed by atoms with E-state index in [-0.39, 0.29) is 23.5 Å². The molecule has 0 bridgehead atoms. The van der Waals surface area contributed by atoms with Crippen LogP contribution < -0.4 is 10.7 Å². The van der Waals surface area contributed by atoms with Crippen molar-refractivity contribution in [3.05, 3.63) is 57.5 Å². The lowest BCUT2D eigenvalue weighted by Crippen LogP contribution is -2.59. The van der Waals surface area contributed by atoms with Gasteiger partial charge in [-0.05, 0) is 31.4 Å². The second-order valence-corrected chi connectivity index (χ2v) is 7.77. The van der Waals surface area contributed by atoms with E-state index >= 15 is 0 Å². The van der Waals surface area contributed by atoms with Gasteiger partial charge in [0.05, 0.1) is 18.8 Å². The van der Waals surface area contributed by atoms with Crippen molar-refractivity contribution >= 4 is 17.5 Å². The average Bonchev–Trinajstić information content (AvgIpc) is 3.46. The lowest BCUT2D eigenvalue weighted by atomic mass is 10.0. The topological polar surface area (TPSA) is 101 Å². The van der Waals surface area contributed by atoms with Crippen LogP contribution >= 0.6 is 0 Å². The third kappa shape index (κ3) is 2.71. The Bertz CT molecular complexity index is 1160. The zero-order valence-corrected chi connectivity index (χ0v) is 15.7. The molecule has 1 atom stereocenters. The molecule has 8 nitrogen and oxygen atoms in total. The summed E-state index contributed by atoms with van der Waals surface area (Å²) in [7, 11) is 0. The quantitative estimate of drug-likeness (QED) is 0.777. The van der Waals surface area contributed by atoms with Crippen molar-refractivity contribution in [2.75, 3.05) is 11.9 Å². The number of hydrogen-bond donors (Lipinski definition) is 2. The molecule has 1 aliphatic carbocycles. The summed E-state index contributed by atoms with van der Waals surface area (Å²) < 4.78 is 33.9. The molecule has 1 aromatic heterocycles. The van der Waals surface area contributed by atoms with Gasteiger partial charge in [-0.15, -0.1) is 0 Å². The Morgan fingerprint density at radius 2 is 2.00 bits per heavy atom. The summed E-state index contributed by atoms with van der Waals surface area (Å²) in [6.45, 7) is 0.634. The maximum Gasteiger partial charge on any atom is 0.277 e. The normalized spacial score (nSPS) is 21.2. The molecule has 1 saturated carbocycles. The number of amides is 2. The highest BCUT2D eigenvalue weighted by Gasteiger charge is 2.57. The second-order valence-electron chi connectivity index (χ2n) is 7.77. The van der Waals surface area contributed by atoms with Gasteiger partial charge in [0.25, 0.3) is 11.8 Å². The summed E-state index contributed by atoms with van der Waals surface area (Å²) in [5, 5.41) is 12.6. The first-order valence-corrected chi connectivity index (χ1v) is 9.49. The molecule has 2 aromatic rings. The number of fused-ring (bicyclic) bond motifs is 3. The molecule has 2 amide bonds. The van der Waals surface area contributed by atoms with Crippen molar-refractivity contribution in [1.82, 2.24) is 9.47 Å². The molecule has 0 unspecified atom stereocenters. The molecule has 1 spiro atoms. The van der Waals surface area contributed by atoms with Crippen LogP contribution in [0.15, 0.2) is 29.2 Å². The van der Waals surface area contributed by atoms with Gasteiger partial charge in [-0.25, -0.2) is 8.78 Å². The summed E-state index contributed by atoms with van der Waals surface area (Å²) in [5.41, 5.74) is -2.33. The van der Waals surface area contributed by atoms with E-state index in [1.54, 1.807) is 4.90 Å². The Balaban J connectivity index is 1.52. The summed E-state index contributed by atoms with van der Waals surface area (Å²) in [6.07, 6.45) is 2.97. The number of benzene rings is 1. The first-order valence-electron chi connectivity index (χ1n) is 9.49. The number of aromatic hydroxyl groups is 1. The van der Waals surface area contributed by atoms with E-state index in [1.165, 1.54) is 4.57 Å². The zero-order chi connectivity index (χ0) is 21.2. The van der Waals surface area contributed by atoms with Gasteiger partial charge in [0.15, 0.2) is 17.7 Å². The van der Waals surface area contributed by atoms with Crippen molar-refractivity contribution in [3.8, 4) is 5.75 Å². The van der Waals surface area contributed by atoms with Gasteiger partial charge in [0.1, 0.15) is 17.2 Å². The Kier molecular flexibility index (Phi) is 3.97. The van der Waals surface area contributed by atoms with Crippen LogP contribution in [0.1, 0.15) is 40.1 Å². The van der Waals surface area contributed by atoms with Gasteiger partial charge in [-0.3, -0.25) is 14.4 Å². The predicted octanol–water partition coefficient (Wildman–Crippen LogP) is 1.82. The average molecular weight is 417 g/mol. The Morgan fingerprint density at radius 3 is 2.70 bits per heavy atom. The number of anilines is 1. The predicted molar refractivity (Wildman–Crippen MR) is 99.2 cm³/mol. The Morgan fingerprint density at radius 1 is 1.23 bits per heavy atom. The number of nitrogens with zero attached hydrogens (tertiary/aromatic N) is 2. The van der Waals surface area contributed by atoms with Crippen molar-refractivity contribution in [2.45, 2.75) is 37.6 Å². The molecule has 3 aliphatic rings. The molecule has 1 saturated heterocycles. The molecular formula is C20H17F2N3O5. The molecule has 2 fully saturated rings. The van der Waals surface area contributed by atoms with E-state index in [2.05, 4.69) is 5.32 Å². The van der Waals surface area contributed by atoms with Crippen LogP contribution in [0.3, 0.4) is 0 Å². The van der Waals surface area contributed by atoms with Crippen molar-refractivity contribution in [1.29, 1.82) is 0 Å². The largest absolute Gasteiger partial charge is 0.503 e. The van der Waals surface area contributed by atoms with E-state index in [9.17, 15) is 28.3 Å². The first kappa shape index (κ1) is 18.7. The molecule has 0 radical (unpaired) electrons. The molecule has 1 aromatic carbocycles. The summed E-state index contributed by atoms with van der Waals surface area (Å²) >= 11 is 0. The second kappa shape index (κ2) is 6.36. The summed E-state index contributed by atoms with van der Waals surface area (Å²) in [4.78, 5) is 39.8. The smallest absolute Gasteiger partial charge is 0.277 e. The third-order valence-electron chi connectivity index (χ3n) is 5.96. The van der Waals surface area contributed by atoms with Gasteiger partial charge in [-0.1, -0.05) is 0 Å². The van der Waals surface area contributed by atoms with Gasteiger partial charge in [-0.2, -0.15) is 0 Å². The fourth-order valence-electron chi connectivity index (χ4n) is 4.24. The van der Waals surface area contributed by atoms with E-state index < -0.39 is 46.4 Å². The van der Waals surface area contributed by atoms with Gasteiger partial charge in [0, 0.05) is 17.8 Å². The zero-order valence-electron chi connectivity index (χ0n) is 15.7. The molecule has 3 heterocycles. The minimum atomic E-state index is -1.05. The monoisotopic (exact) mass is 417 g/mol. The van der Waals surface area contributed by atoms with Crippen molar-refractivity contribution in [3.63, 3.8) is 0 Å². The van der Waals surface area contributed by atoms with Gasteiger partial charge >= 0.3 is 0 Å². The van der Waals surface area contributed by atoms with Crippen LogP contribution in [0.5, 0.6) is 5.75 Å². The van der Waals surface area contributed by atoms with Gasteiger partial charge in [0.2, 0.25) is 5.43 Å². The van der Waals surface area contributed by atoms with Crippen LogP contribution in [-0.4, -0.2) is 44.8 Å². The molecule has 156 valence electrons. The minimum Gasteiger partial charge on any atom is -0.503 e. The summed E-state index contributed by atoms with van der Waals surface area (Å²) in [6, 6.07) is 2.57. The van der Waals surface area contributed by atoms with Crippen molar-refractivity contribution in [2.24, 2.45) is 0 Å². The number of carbonyl (C=O) groups is 2. The van der Waals surface area contributed by atoms with E-state index in [4.69, 9.17) is 4.74 Å². The molecule has 2 aliphatic heterocycles. The lowest BCUT2D eigenvalue weighted by molar-refractivity contribution is -0.123. The fourth-order valence-corrected chi connectivity index (χ4v) is 4.24. The molecular weight excluding hydrogens is 400 g/mol. The maximum atomic E-state index is 13.8. The number of halogens is 2. The van der Waals surface area contributed by atoms with E-state index in [0.717, 1.165) is 31.2 Å². The summed E-state index contributed by atoms with van der Waals surface area (Å²) in [5.74, 6) is -4.18. The number of carbonyl (C=O) groups excluding carboxylic acids is 2. The maximum absolute atomic E-state index is 13.8. The SMILES string of the molecule is O=C(Nc1ccc(F)cc1F)c1cn2c(c(O)c1=O)C(=O)N1[C@H](C2)OCCC12CC2. The molecule has 5 rings (SSSR count). The lowest BCUT2D eigenvalue weighted by Gasteiger charge is -2.46. The highest BCUT2D eigenvalue weighted by Crippen LogP contribution is 2.50. The Labute approximate surface area is 168 Å². The highest BCUT2D eigenvalue weighted by molar-refractivity contribution is 6.05. The van der Waals surface area contributed by atoms with Gasteiger partial charge < -0.3 is 24.6 Å². The Hall–Kier alpha value is -3.27. The highest BCUT2D eigenvalue weighted by atomic mass is 19.1. The number of ether oxygens (including phenoxy) is 1. The van der Waals surface area contributed by atoms with Crippen LogP contribution in [0.4, 0.5) is 14.5 Å². The van der Waals surface area contributed by atoms with Crippen LogP contribution in [-0.2, 0) is 11.3 Å². The standard InChI is InChI=1S/C20H17F2N3O5/c21-10-1-2-13(12(22)7-10)23-18(28)11-8-24-9-14-25(20(3-4-20)5-6-30-14)19(29)15(24)17(27)16(11)26/h1-2,7-8,14,27H,3-6,9H2,(H,23,28)/t14-/m0/s1. The van der Waals surface area contributed by atoms with Crippen LogP contribution in [0.2, 0.25) is 0 Å². The number of pyridine rings is 1. The van der Waals surface area contributed by atoms with Crippen LogP contribution in [0.25, 0.3) is 0 Å². The third-order valence-corrected chi connectivity index (χ3v) is 5.96. The molecule has 30 heavy (non-hydrogen) atoms. The number of aromatic nitrogens is 1. The van der Waals surface area contributed by atoms with Crippen LogP contribution in [0, 0.1) is 11.6 Å². The minimum absolute atomic E-state index is 0.141. The number of hydrogen-bond acceptors (Lipinski definition) is 5. The molecule has 2 N–H and O–H groups in total. The van der Waals surface area contributed by atoms with E-state index in [0.29, 0.717) is 19.1 Å². The first-order chi connectivity index (χ1) is 14.3.